The molecule has 3 aromatic rings. The Morgan fingerprint density at radius 2 is 1.62 bits per heavy atom. The first-order chi connectivity index (χ1) is 18.4. The van der Waals surface area contributed by atoms with Gasteiger partial charge in [0.2, 0.25) is 0 Å². The molecule has 0 amide bonds. The summed E-state index contributed by atoms with van der Waals surface area (Å²) in [6.45, 7) is 6.60. The van der Waals surface area contributed by atoms with Crippen molar-refractivity contribution in [3.05, 3.63) is 54.2 Å². The number of rotatable bonds is 8. The summed E-state index contributed by atoms with van der Waals surface area (Å²) in [4.78, 5) is 4.37. The van der Waals surface area contributed by atoms with Gasteiger partial charge in [-0.15, -0.1) is 10.2 Å². The Hall–Kier alpha value is -3.58. The number of benzene rings is 2. The van der Waals surface area contributed by atoms with E-state index in [9.17, 15) is 21.6 Å². The number of hydrogen-bond acceptors (Lipinski definition) is 9. The molecule has 0 saturated carbocycles. The van der Waals surface area contributed by atoms with E-state index in [2.05, 4.69) is 37.7 Å². The Labute approximate surface area is 225 Å². The SMILES string of the molecule is COc1cc(N2CCN(C)CC2)ccc1Nc1cc(Nc2ccccc2S(=O)(=O)C(C)C)c(C(F)(F)F)nn1. The van der Waals surface area contributed by atoms with Crippen LogP contribution in [0.1, 0.15) is 19.5 Å². The molecule has 0 unspecified atom stereocenters. The fourth-order valence-corrected chi connectivity index (χ4v) is 5.36. The summed E-state index contributed by atoms with van der Waals surface area (Å²) in [5.74, 6) is 0.497. The molecule has 13 heteroatoms. The minimum absolute atomic E-state index is 0.00441. The molecule has 1 aromatic heterocycles. The first-order valence-corrected chi connectivity index (χ1v) is 13.9. The summed E-state index contributed by atoms with van der Waals surface area (Å²) in [7, 11) is -0.203. The highest BCUT2D eigenvalue weighted by molar-refractivity contribution is 7.92. The van der Waals surface area contributed by atoms with Crippen LogP contribution in [0.4, 0.5) is 41.7 Å². The summed E-state index contributed by atoms with van der Waals surface area (Å²) in [6.07, 6.45) is -4.83. The highest BCUT2D eigenvalue weighted by Gasteiger charge is 2.37. The minimum atomic E-state index is -4.83. The molecule has 4 rings (SSSR count). The van der Waals surface area contributed by atoms with Gasteiger partial charge >= 0.3 is 6.18 Å². The van der Waals surface area contributed by atoms with Gasteiger partial charge in [0.15, 0.2) is 21.3 Å². The first kappa shape index (κ1) is 28.4. The number of ether oxygens (including phenoxy) is 1. The molecule has 9 nitrogen and oxygen atoms in total. The van der Waals surface area contributed by atoms with Crippen LogP contribution in [0.3, 0.4) is 0 Å². The van der Waals surface area contributed by atoms with Gasteiger partial charge in [-0.05, 0) is 45.2 Å². The average Bonchev–Trinajstić information content (AvgIpc) is 2.89. The Morgan fingerprint density at radius 3 is 2.26 bits per heavy atom. The second-order valence-corrected chi connectivity index (χ2v) is 12.0. The van der Waals surface area contributed by atoms with E-state index >= 15 is 0 Å². The third kappa shape index (κ3) is 6.36. The smallest absolute Gasteiger partial charge is 0.437 e. The molecule has 1 fully saturated rings. The van der Waals surface area contributed by atoms with Crippen LogP contribution in [0.5, 0.6) is 5.75 Å². The van der Waals surface area contributed by atoms with Gasteiger partial charge in [0.1, 0.15) is 5.75 Å². The number of anilines is 5. The number of aromatic nitrogens is 2. The van der Waals surface area contributed by atoms with E-state index in [0.717, 1.165) is 37.9 Å². The van der Waals surface area contributed by atoms with Gasteiger partial charge in [0.05, 0.1) is 34.3 Å². The zero-order valence-electron chi connectivity index (χ0n) is 22.1. The van der Waals surface area contributed by atoms with Crippen molar-refractivity contribution in [2.24, 2.45) is 0 Å². The average molecular weight is 565 g/mol. The summed E-state index contributed by atoms with van der Waals surface area (Å²) in [6, 6.07) is 12.5. The number of sulfone groups is 1. The van der Waals surface area contributed by atoms with Crippen molar-refractivity contribution in [2.75, 3.05) is 55.9 Å². The second kappa shape index (κ2) is 11.3. The number of nitrogens with zero attached hydrogens (tertiary/aromatic N) is 4. The topological polar surface area (TPSA) is 99.7 Å². The molecular formula is C26H31F3N6O3S. The maximum absolute atomic E-state index is 13.8. The van der Waals surface area contributed by atoms with Crippen molar-refractivity contribution in [1.82, 2.24) is 15.1 Å². The number of halogens is 3. The molecular weight excluding hydrogens is 533 g/mol. The fourth-order valence-electron chi connectivity index (χ4n) is 4.16. The third-order valence-electron chi connectivity index (χ3n) is 6.46. The van der Waals surface area contributed by atoms with Crippen molar-refractivity contribution in [3.63, 3.8) is 0 Å². The molecule has 0 bridgehead atoms. The van der Waals surface area contributed by atoms with Crippen LogP contribution in [0.2, 0.25) is 0 Å². The molecule has 210 valence electrons. The zero-order valence-corrected chi connectivity index (χ0v) is 22.9. The molecule has 2 heterocycles. The highest BCUT2D eigenvalue weighted by atomic mass is 32.2. The lowest BCUT2D eigenvalue weighted by Crippen LogP contribution is -2.44. The van der Waals surface area contributed by atoms with Gasteiger partial charge in [-0.2, -0.15) is 13.2 Å². The predicted molar refractivity (Wildman–Crippen MR) is 145 cm³/mol. The molecule has 1 aliphatic rings. The highest BCUT2D eigenvalue weighted by Crippen LogP contribution is 2.38. The van der Waals surface area contributed by atoms with Crippen LogP contribution >= 0.6 is 0 Å². The van der Waals surface area contributed by atoms with Crippen molar-refractivity contribution < 1.29 is 26.3 Å². The summed E-state index contributed by atoms with van der Waals surface area (Å²) >= 11 is 0. The number of hydrogen-bond donors (Lipinski definition) is 2. The maximum atomic E-state index is 13.8. The van der Waals surface area contributed by atoms with Gasteiger partial charge in [0.25, 0.3) is 0 Å². The van der Waals surface area contributed by atoms with Crippen molar-refractivity contribution in [3.8, 4) is 5.75 Å². The third-order valence-corrected chi connectivity index (χ3v) is 8.67. The lowest BCUT2D eigenvalue weighted by Gasteiger charge is -2.34. The van der Waals surface area contributed by atoms with Crippen LogP contribution in [0.25, 0.3) is 0 Å². The van der Waals surface area contributed by atoms with Gasteiger partial charge < -0.3 is 25.2 Å². The molecule has 0 aliphatic carbocycles. The molecule has 2 aromatic carbocycles. The van der Waals surface area contributed by atoms with Crippen LogP contribution in [-0.4, -0.2) is 69.1 Å². The molecule has 0 spiro atoms. The van der Waals surface area contributed by atoms with E-state index < -0.39 is 32.6 Å². The van der Waals surface area contributed by atoms with Crippen molar-refractivity contribution >= 4 is 38.4 Å². The monoisotopic (exact) mass is 564 g/mol. The summed E-state index contributed by atoms with van der Waals surface area (Å²) < 4.78 is 72.7. The van der Waals surface area contributed by atoms with Crippen LogP contribution in [-0.2, 0) is 16.0 Å². The Balaban J connectivity index is 1.67. The Morgan fingerprint density at radius 1 is 0.923 bits per heavy atom. The zero-order chi connectivity index (χ0) is 28.4. The lowest BCUT2D eigenvalue weighted by atomic mass is 10.2. The van der Waals surface area contributed by atoms with E-state index in [1.807, 2.05) is 12.1 Å². The predicted octanol–water partition coefficient (Wildman–Crippen LogP) is 4.93. The van der Waals surface area contributed by atoms with Crippen LogP contribution < -0.4 is 20.3 Å². The van der Waals surface area contributed by atoms with Crippen LogP contribution in [0.15, 0.2) is 53.4 Å². The van der Waals surface area contributed by atoms with Crippen molar-refractivity contribution in [2.45, 2.75) is 30.2 Å². The van der Waals surface area contributed by atoms with Gasteiger partial charge in [-0.3, -0.25) is 0 Å². The summed E-state index contributed by atoms with van der Waals surface area (Å²) in [5.41, 5.74) is -0.265. The molecule has 1 aliphatic heterocycles. The van der Waals surface area contributed by atoms with Gasteiger partial charge in [0, 0.05) is 44.0 Å². The van der Waals surface area contributed by atoms with E-state index in [0.29, 0.717) is 11.4 Å². The largest absolute Gasteiger partial charge is 0.494 e. The van der Waals surface area contributed by atoms with E-state index in [-0.39, 0.29) is 16.4 Å². The normalized spacial score (nSPS) is 14.9. The number of para-hydroxylation sites is 1. The molecule has 1 saturated heterocycles. The second-order valence-electron chi connectivity index (χ2n) is 9.50. The minimum Gasteiger partial charge on any atom is -0.494 e. The first-order valence-electron chi connectivity index (χ1n) is 12.3. The lowest BCUT2D eigenvalue weighted by molar-refractivity contribution is -0.141. The number of piperazine rings is 1. The number of methoxy groups -OCH3 is 1. The van der Waals surface area contributed by atoms with E-state index in [1.165, 1.54) is 45.2 Å². The number of likely N-dealkylation sites (N-methyl/N-ethyl adjacent to an activating group) is 1. The molecule has 0 atom stereocenters. The fraction of sp³-hybridized carbons (Fsp3) is 0.385. The standard InChI is InChI=1S/C26H31F3N6O3S/c1-17(2)39(36,37)23-8-6-5-7-20(23)30-21-16-24(32-33-25(21)26(27,28)29)31-19-10-9-18(15-22(19)38-4)35-13-11-34(3)12-14-35/h5-10,15-17H,11-14H2,1-4H3,(H2,30,31,32). The molecule has 0 radical (unpaired) electrons. The maximum Gasteiger partial charge on any atom is 0.437 e. The quantitative estimate of drug-likeness (QED) is 0.395. The Bertz CT molecular complexity index is 1420. The summed E-state index contributed by atoms with van der Waals surface area (Å²) in [5, 5.41) is 12.0. The molecule has 39 heavy (non-hydrogen) atoms. The van der Waals surface area contributed by atoms with Gasteiger partial charge in [-0.1, -0.05) is 12.1 Å². The Kier molecular flexibility index (Phi) is 8.21. The number of nitrogens with one attached hydrogen (secondary N) is 2. The van der Waals surface area contributed by atoms with E-state index in [4.69, 9.17) is 4.74 Å². The van der Waals surface area contributed by atoms with Crippen molar-refractivity contribution in [1.29, 1.82) is 0 Å². The van der Waals surface area contributed by atoms with Gasteiger partial charge in [-0.25, -0.2) is 8.42 Å². The van der Waals surface area contributed by atoms with Crippen LogP contribution in [0, 0.1) is 0 Å². The number of alkyl halides is 3. The van der Waals surface area contributed by atoms with E-state index in [1.54, 1.807) is 6.07 Å². The molecule has 2 N–H and O–H groups in total.